The van der Waals surface area contributed by atoms with Crippen molar-refractivity contribution in [2.45, 2.75) is 30.5 Å². The Balaban J connectivity index is 2.22. The zero-order chi connectivity index (χ0) is 14.8. The van der Waals surface area contributed by atoms with E-state index < -0.39 is 10.0 Å². The van der Waals surface area contributed by atoms with E-state index >= 15 is 0 Å². The zero-order valence-electron chi connectivity index (χ0n) is 11.6. The largest absolute Gasteiger partial charge is 0.452 e. The minimum absolute atomic E-state index is 0.226. The molecule has 0 radical (unpaired) electrons. The topological polar surface area (TPSA) is 62.6 Å². The number of furan rings is 1. The van der Waals surface area contributed by atoms with E-state index in [1.807, 2.05) is 13.8 Å². The van der Waals surface area contributed by atoms with Crippen molar-refractivity contribution in [2.75, 3.05) is 25.4 Å². The Morgan fingerprint density at radius 2 is 2.35 bits per heavy atom. The van der Waals surface area contributed by atoms with Gasteiger partial charge in [-0.2, -0.15) is 16.1 Å². The normalized spacial score (nSPS) is 21.2. The van der Waals surface area contributed by atoms with Crippen LogP contribution in [0.25, 0.3) is 0 Å². The van der Waals surface area contributed by atoms with Crippen molar-refractivity contribution in [1.29, 1.82) is 0 Å². The molecule has 2 rings (SSSR count). The molecule has 0 amide bonds. The number of sulfonamides is 1. The minimum atomic E-state index is -3.48. The Morgan fingerprint density at radius 3 is 3.00 bits per heavy atom. The quantitative estimate of drug-likeness (QED) is 0.845. The summed E-state index contributed by atoms with van der Waals surface area (Å²) < 4.78 is 32.6. The predicted octanol–water partition coefficient (Wildman–Crippen LogP) is 2.28. The van der Waals surface area contributed by atoms with Gasteiger partial charge in [0.1, 0.15) is 10.7 Å². The summed E-state index contributed by atoms with van der Waals surface area (Å²) in [5, 5.41) is 3.44. The van der Waals surface area contributed by atoms with E-state index in [4.69, 9.17) is 4.42 Å². The number of nitrogens with one attached hydrogen (secondary N) is 1. The third kappa shape index (κ3) is 3.59. The maximum atomic E-state index is 12.6. The molecule has 1 aliphatic rings. The van der Waals surface area contributed by atoms with Crippen LogP contribution in [0.3, 0.4) is 0 Å². The summed E-state index contributed by atoms with van der Waals surface area (Å²) in [5.74, 6) is 1.46. The summed E-state index contributed by atoms with van der Waals surface area (Å²) in [5.41, 5.74) is 0. The monoisotopic (exact) mass is 382 g/mol. The van der Waals surface area contributed by atoms with Crippen LogP contribution in [0.1, 0.15) is 19.6 Å². The van der Waals surface area contributed by atoms with E-state index in [9.17, 15) is 8.42 Å². The summed E-state index contributed by atoms with van der Waals surface area (Å²) in [4.78, 5) is 0.226. The molecule has 0 bridgehead atoms. The summed E-state index contributed by atoms with van der Waals surface area (Å²) in [6.45, 7) is 6.47. The standard InChI is InChI=1S/C12H19BrN2O3S2/c1-3-14-7-10-6-11(12(13)18-10)20(16,17)15-4-5-19-9(2)8-15/h6,9,14H,3-5,7-8H2,1-2H3. The lowest BCUT2D eigenvalue weighted by atomic mass is 10.4. The highest BCUT2D eigenvalue weighted by atomic mass is 79.9. The van der Waals surface area contributed by atoms with E-state index in [0.29, 0.717) is 30.6 Å². The molecule has 114 valence electrons. The first kappa shape index (κ1) is 16.4. The highest BCUT2D eigenvalue weighted by molar-refractivity contribution is 9.10. The summed E-state index contributed by atoms with van der Waals surface area (Å²) >= 11 is 5.02. The van der Waals surface area contributed by atoms with Crippen molar-refractivity contribution in [3.05, 3.63) is 16.5 Å². The summed E-state index contributed by atoms with van der Waals surface area (Å²) in [7, 11) is -3.48. The Hall–Kier alpha value is -0.0200. The average Bonchev–Trinajstić information content (AvgIpc) is 2.78. The van der Waals surface area contributed by atoms with E-state index in [-0.39, 0.29) is 9.56 Å². The number of halogens is 1. The minimum Gasteiger partial charge on any atom is -0.452 e. The number of nitrogens with zero attached hydrogens (tertiary/aromatic N) is 1. The van der Waals surface area contributed by atoms with Crippen LogP contribution in [-0.4, -0.2) is 43.4 Å². The zero-order valence-corrected chi connectivity index (χ0v) is 14.8. The molecule has 1 fully saturated rings. The van der Waals surface area contributed by atoms with Gasteiger partial charge in [0, 0.05) is 30.2 Å². The number of thioether (sulfide) groups is 1. The van der Waals surface area contributed by atoms with Gasteiger partial charge in [-0.15, -0.1) is 0 Å². The second-order valence-corrected chi connectivity index (χ2v) is 8.85. The van der Waals surface area contributed by atoms with Gasteiger partial charge in [0.25, 0.3) is 0 Å². The number of hydrogen-bond donors (Lipinski definition) is 1. The Kier molecular flexibility index (Phi) is 5.58. The molecule has 0 spiro atoms. The van der Waals surface area contributed by atoms with Gasteiger partial charge in [-0.1, -0.05) is 13.8 Å². The molecule has 20 heavy (non-hydrogen) atoms. The van der Waals surface area contributed by atoms with Crippen molar-refractivity contribution < 1.29 is 12.8 Å². The van der Waals surface area contributed by atoms with Gasteiger partial charge in [-0.25, -0.2) is 8.42 Å². The van der Waals surface area contributed by atoms with Gasteiger partial charge in [0.05, 0.1) is 6.54 Å². The SMILES string of the molecule is CCNCc1cc(S(=O)(=O)N2CCSC(C)C2)c(Br)o1. The van der Waals surface area contributed by atoms with Crippen LogP contribution in [0, 0.1) is 0 Å². The van der Waals surface area contributed by atoms with Gasteiger partial charge < -0.3 is 9.73 Å². The van der Waals surface area contributed by atoms with Gasteiger partial charge in [0.2, 0.25) is 10.0 Å². The van der Waals surface area contributed by atoms with E-state index in [1.165, 1.54) is 0 Å². The Labute approximate surface area is 132 Å². The fourth-order valence-electron chi connectivity index (χ4n) is 2.05. The fraction of sp³-hybridized carbons (Fsp3) is 0.667. The van der Waals surface area contributed by atoms with Gasteiger partial charge in [-0.05, 0) is 22.5 Å². The number of rotatable bonds is 5. The van der Waals surface area contributed by atoms with Crippen molar-refractivity contribution in [2.24, 2.45) is 0 Å². The third-order valence-electron chi connectivity index (χ3n) is 3.08. The van der Waals surface area contributed by atoms with Crippen LogP contribution in [0.5, 0.6) is 0 Å². The lowest BCUT2D eigenvalue weighted by molar-refractivity contribution is 0.420. The molecular weight excluding hydrogens is 364 g/mol. The molecule has 1 aliphatic heterocycles. The lowest BCUT2D eigenvalue weighted by Crippen LogP contribution is -2.40. The molecule has 0 aliphatic carbocycles. The highest BCUT2D eigenvalue weighted by Crippen LogP contribution is 2.31. The van der Waals surface area contributed by atoms with Crippen molar-refractivity contribution in [3.63, 3.8) is 0 Å². The van der Waals surface area contributed by atoms with Crippen LogP contribution in [0.4, 0.5) is 0 Å². The van der Waals surface area contributed by atoms with Crippen LogP contribution < -0.4 is 5.32 Å². The summed E-state index contributed by atoms with van der Waals surface area (Å²) in [6.07, 6.45) is 0. The van der Waals surface area contributed by atoms with Crippen LogP contribution in [-0.2, 0) is 16.6 Å². The molecule has 5 nitrogen and oxygen atoms in total. The van der Waals surface area contributed by atoms with E-state index in [0.717, 1.165) is 12.3 Å². The van der Waals surface area contributed by atoms with Crippen LogP contribution in [0.2, 0.25) is 0 Å². The number of hydrogen-bond acceptors (Lipinski definition) is 5. The van der Waals surface area contributed by atoms with Gasteiger partial charge in [0.15, 0.2) is 4.67 Å². The molecule has 1 N–H and O–H groups in total. The lowest BCUT2D eigenvalue weighted by Gasteiger charge is -2.29. The molecule has 1 atom stereocenters. The highest BCUT2D eigenvalue weighted by Gasteiger charge is 2.32. The first-order valence-electron chi connectivity index (χ1n) is 6.55. The molecule has 1 unspecified atom stereocenters. The van der Waals surface area contributed by atoms with Gasteiger partial charge in [-0.3, -0.25) is 0 Å². The summed E-state index contributed by atoms with van der Waals surface area (Å²) in [6, 6.07) is 1.61. The Bertz CT molecular complexity index is 559. The van der Waals surface area contributed by atoms with Crippen molar-refractivity contribution in [3.8, 4) is 0 Å². The molecular formula is C12H19BrN2O3S2. The average molecular weight is 383 g/mol. The first-order chi connectivity index (χ1) is 9.45. The Morgan fingerprint density at radius 1 is 1.60 bits per heavy atom. The van der Waals surface area contributed by atoms with Gasteiger partial charge >= 0.3 is 0 Å². The van der Waals surface area contributed by atoms with Crippen molar-refractivity contribution in [1.82, 2.24) is 9.62 Å². The molecule has 2 heterocycles. The van der Waals surface area contributed by atoms with E-state index in [1.54, 1.807) is 22.1 Å². The molecule has 1 aromatic rings. The molecule has 1 aromatic heterocycles. The van der Waals surface area contributed by atoms with Crippen LogP contribution >= 0.6 is 27.7 Å². The third-order valence-corrected chi connectivity index (χ3v) is 6.94. The van der Waals surface area contributed by atoms with Crippen molar-refractivity contribution >= 4 is 37.7 Å². The molecule has 0 aromatic carbocycles. The smallest absolute Gasteiger partial charge is 0.247 e. The predicted molar refractivity (Wildman–Crippen MR) is 84.5 cm³/mol. The maximum absolute atomic E-state index is 12.6. The molecule has 0 saturated carbocycles. The van der Waals surface area contributed by atoms with E-state index in [2.05, 4.69) is 21.2 Å². The second kappa shape index (κ2) is 6.83. The van der Waals surface area contributed by atoms with Crippen LogP contribution in [0.15, 0.2) is 20.0 Å². The maximum Gasteiger partial charge on any atom is 0.247 e. The molecule has 8 heteroatoms. The fourth-order valence-corrected chi connectivity index (χ4v) is 5.77. The first-order valence-corrected chi connectivity index (χ1v) is 9.84. The second-order valence-electron chi connectivity index (χ2n) is 4.68. The molecule has 1 saturated heterocycles.